The first-order valence-electron chi connectivity index (χ1n) is 13.4. The maximum atomic E-state index is 14.2. The average molecular weight is 605 g/mol. The Morgan fingerprint density at radius 3 is 1.98 bits per heavy atom. The summed E-state index contributed by atoms with van der Waals surface area (Å²) in [5.41, 5.74) is -0.221. The molecule has 0 bridgehead atoms. The minimum Gasteiger partial charge on any atom is -0.478 e. The number of aromatic carboxylic acids is 2. The van der Waals surface area contributed by atoms with E-state index in [1.165, 1.54) is 29.2 Å². The van der Waals surface area contributed by atoms with Gasteiger partial charge in [0.2, 0.25) is 5.91 Å². The van der Waals surface area contributed by atoms with Crippen molar-refractivity contribution < 1.29 is 46.5 Å². The van der Waals surface area contributed by atoms with Crippen LogP contribution in [0.3, 0.4) is 0 Å². The van der Waals surface area contributed by atoms with Crippen molar-refractivity contribution in [2.45, 2.75) is 55.9 Å². The molecule has 43 heavy (non-hydrogen) atoms. The normalized spacial score (nSPS) is 19.0. The number of alkyl halides is 5. The van der Waals surface area contributed by atoms with Crippen molar-refractivity contribution in [1.82, 2.24) is 10.2 Å². The van der Waals surface area contributed by atoms with Crippen LogP contribution in [-0.2, 0) is 23.1 Å². The Hall–Kier alpha value is -4.32. The third-order valence-corrected chi connectivity index (χ3v) is 7.46. The molecule has 5 rings (SSSR count). The highest BCUT2D eigenvalue weighted by molar-refractivity contribution is 5.88. The number of carbonyl (C=O) groups is 3. The van der Waals surface area contributed by atoms with Gasteiger partial charge in [-0.15, -0.1) is 0 Å². The average Bonchev–Trinajstić information content (AvgIpc) is 3.75. The number of carbonyl (C=O) groups excluding carboxylic acids is 1. The number of carboxylic acids is 2. The summed E-state index contributed by atoms with van der Waals surface area (Å²) in [6.07, 6.45) is -4.61. The number of likely N-dealkylation sites (tertiary alicyclic amines) is 1. The first kappa shape index (κ1) is 31.6. The van der Waals surface area contributed by atoms with Crippen molar-refractivity contribution in [3.8, 4) is 0 Å². The molecule has 0 radical (unpaired) electrons. The molecular weight excluding hydrogens is 575 g/mol. The lowest BCUT2D eigenvalue weighted by atomic mass is 9.95. The SMILES string of the molecule is O=C(O)c1ccc(C2(NC(=O)C3CC(F)(F)CCN3Cc3cccc(C(F)(F)F)c3)CC2)cc1.O=C(O)c1ccccc1. The van der Waals surface area contributed by atoms with Crippen LogP contribution in [0.5, 0.6) is 0 Å². The quantitative estimate of drug-likeness (QED) is 0.278. The lowest BCUT2D eigenvalue weighted by molar-refractivity contribution is -0.139. The highest BCUT2D eigenvalue weighted by atomic mass is 19.4. The molecule has 12 heteroatoms. The van der Waals surface area contributed by atoms with E-state index in [9.17, 15) is 36.3 Å². The predicted molar refractivity (Wildman–Crippen MR) is 146 cm³/mol. The number of nitrogens with zero attached hydrogens (tertiary/aromatic N) is 1. The van der Waals surface area contributed by atoms with Crippen LogP contribution < -0.4 is 5.32 Å². The van der Waals surface area contributed by atoms with Crippen molar-refractivity contribution in [2.75, 3.05) is 6.54 Å². The van der Waals surface area contributed by atoms with Crippen molar-refractivity contribution in [3.63, 3.8) is 0 Å². The third-order valence-electron chi connectivity index (χ3n) is 7.46. The van der Waals surface area contributed by atoms with Crippen molar-refractivity contribution >= 4 is 17.8 Å². The molecule has 1 aliphatic carbocycles. The molecule has 7 nitrogen and oxygen atoms in total. The summed E-state index contributed by atoms with van der Waals surface area (Å²) < 4.78 is 67.7. The highest BCUT2D eigenvalue weighted by Crippen LogP contribution is 2.46. The van der Waals surface area contributed by atoms with Gasteiger partial charge >= 0.3 is 18.1 Å². The Kier molecular flexibility index (Phi) is 9.19. The van der Waals surface area contributed by atoms with Gasteiger partial charge in [-0.05, 0) is 54.3 Å². The molecule has 1 unspecified atom stereocenters. The van der Waals surface area contributed by atoms with Gasteiger partial charge in [-0.25, -0.2) is 18.4 Å². The van der Waals surface area contributed by atoms with E-state index in [4.69, 9.17) is 10.2 Å². The lowest BCUT2D eigenvalue weighted by Gasteiger charge is -2.39. The summed E-state index contributed by atoms with van der Waals surface area (Å²) in [7, 11) is 0. The van der Waals surface area contributed by atoms with E-state index in [-0.39, 0.29) is 24.2 Å². The van der Waals surface area contributed by atoms with E-state index in [1.807, 2.05) is 0 Å². The van der Waals surface area contributed by atoms with Gasteiger partial charge < -0.3 is 15.5 Å². The molecule has 3 aromatic carbocycles. The molecule has 1 aliphatic heterocycles. The maximum absolute atomic E-state index is 14.2. The summed E-state index contributed by atoms with van der Waals surface area (Å²) in [6.45, 7) is -0.208. The monoisotopic (exact) mass is 604 g/mol. The van der Waals surface area contributed by atoms with E-state index < -0.39 is 59.9 Å². The first-order valence-corrected chi connectivity index (χ1v) is 13.4. The van der Waals surface area contributed by atoms with Crippen molar-refractivity contribution in [3.05, 3.63) is 107 Å². The van der Waals surface area contributed by atoms with Gasteiger partial charge in [0.25, 0.3) is 5.92 Å². The second-order valence-electron chi connectivity index (χ2n) is 10.6. The topological polar surface area (TPSA) is 107 Å². The Morgan fingerprint density at radius 1 is 0.837 bits per heavy atom. The minimum atomic E-state index is -4.53. The number of hydrogen-bond donors (Lipinski definition) is 3. The van der Waals surface area contributed by atoms with Crippen LogP contribution in [0.25, 0.3) is 0 Å². The second-order valence-corrected chi connectivity index (χ2v) is 10.6. The molecular formula is C31H29F5N2O5. The number of nitrogens with one attached hydrogen (secondary N) is 1. The Balaban J connectivity index is 0.000000403. The van der Waals surface area contributed by atoms with Crippen molar-refractivity contribution in [1.29, 1.82) is 0 Å². The molecule has 2 aliphatic rings. The van der Waals surface area contributed by atoms with Crippen LogP contribution in [0.1, 0.15) is 63.1 Å². The van der Waals surface area contributed by atoms with Gasteiger partial charge in [-0.3, -0.25) is 9.69 Å². The van der Waals surface area contributed by atoms with Crippen LogP contribution in [0, 0.1) is 0 Å². The van der Waals surface area contributed by atoms with E-state index in [2.05, 4.69) is 5.32 Å². The fraction of sp³-hybridized carbons (Fsp3) is 0.323. The summed E-state index contributed by atoms with van der Waals surface area (Å²) in [5, 5.41) is 20.3. The number of amides is 1. The standard InChI is InChI=1S/C24H23F5N2O3.C7H6O2/c25-23(26)10-11-31(14-15-2-1-3-18(12-15)24(27,28)29)19(13-23)20(32)30-22(8-9-22)17-6-4-16(5-7-17)21(33)34;8-7(9)6-4-2-1-3-5-6/h1-7,12,19H,8-11,13-14H2,(H,30,32)(H,33,34);1-5H,(H,8,9). The number of benzene rings is 3. The van der Waals surface area contributed by atoms with Crippen LogP contribution >= 0.6 is 0 Å². The maximum Gasteiger partial charge on any atom is 0.416 e. The zero-order valence-electron chi connectivity index (χ0n) is 22.8. The number of hydrogen-bond acceptors (Lipinski definition) is 4. The van der Waals surface area contributed by atoms with Crippen LogP contribution in [0.2, 0.25) is 0 Å². The smallest absolute Gasteiger partial charge is 0.416 e. The Morgan fingerprint density at radius 2 is 1.44 bits per heavy atom. The van der Waals surface area contributed by atoms with Gasteiger partial charge in [0.15, 0.2) is 0 Å². The second kappa shape index (κ2) is 12.5. The molecule has 3 N–H and O–H groups in total. The summed E-state index contributed by atoms with van der Waals surface area (Å²) in [4.78, 5) is 35.9. The third kappa shape index (κ3) is 8.16. The van der Waals surface area contributed by atoms with E-state index >= 15 is 0 Å². The predicted octanol–water partition coefficient (Wildman–Crippen LogP) is 6.19. The highest BCUT2D eigenvalue weighted by Gasteiger charge is 2.49. The Bertz CT molecular complexity index is 1460. The van der Waals surface area contributed by atoms with Crippen LogP contribution in [-0.4, -0.2) is 51.5 Å². The molecule has 1 heterocycles. The molecule has 1 saturated heterocycles. The molecule has 1 saturated carbocycles. The lowest BCUT2D eigenvalue weighted by Crippen LogP contribution is -2.55. The van der Waals surface area contributed by atoms with Gasteiger partial charge in [-0.2, -0.15) is 13.2 Å². The molecule has 0 spiro atoms. The number of halogens is 5. The number of rotatable bonds is 7. The fourth-order valence-electron chi connectivity index (χ4n) is 4.95. The summed E-state index contributed by atoms with van der Waals surface area (Å²) in [5.74, 6) is -5.65. The first-order chi connectivity index (χ1) is 20.2. The van der Waals surface area contributed by atoms with E-state index in [1.54, 1.807) is 42.5 Å². The van der Waals surface area contributed by atoms with Gasteiger partial charge in [0.05, 0.1) is 28.3 Å². The summed E-state index contributed by atoms with van der Waals surface area (Å²) >= 11 is 0. The van der Waals surface area contributed by atoms with Crippen LogP contribution in [0.4, 0.5) is 22.0 Å². The summed E-state index contributed by atoms with van der Waals surface area (Å²) in [6, 6.07) is 17.7. The van der Waals surface area contributed by atoms with Gasteiger partial charge in [-0.1, -0.05) is 48.5 Å². The molecule has 228 valence electrons. The largest absolute Gasteiger partial charge is 0.478 e. The minimum absolute atomic E-state index is 0.0710. The zero-order chi connectivity index (χ0) is 31.4. The van der Waals surface area contributed by atoms with Crippen LogP contribution in [0.15, 0.2) is 78.9 Å². The Labute approximate surface area is 243 Å². The molecule has 3 aromatic rings. The van der Waals surface area contributed by atoms with Gasteiger partial charge in [0, 0.05) is 25.9 Å². The number of carboxylic acid groups (broad SMARTS) is 2. The molecule has 1 amide bonds. The van der Waals surface area contributed by atoms with Crippen molar-refractivity contribution in [2.24, 2.45) is 0 Å². The molecule has 1 atom stereocenters. The molecule has 2 fully saturated rings. The van der Waals surface area contributed by atoms with E-state index in [0.29, 0.717) is 24.0 Å². The molecule has 0 aromatic heterocycles. The fourth-order valence-corrected chi connectivity index (χ4v) is 4.95. The number of piperidine rings is 1. The zero-order valence-corrected chi connectivity index (χ0v) is 22.8. The van der Waals surface area contributed by atoms with E-state index in [0.717, 1.165) is 12.1 Å². The van der Waals surface area contributed by atoms with Gasteiger partial charge in [0.1, 0.15) is 0 Å².